The summed E-state index contributed by atoms with van der Waals surface area (Å²) in [5.41, 5.74) is 6.32. The minimum Gasteiger partial charge on any atom is -0.348 e. The van der Waals surface area contributed by atoms with Gasteiger partial charge in [0.25, 0.3) is 0 Å². The molecule has 2 aromatic carbocycles. The molecular weight excluding hydrogens is 406 g/mol. The summed E-state index contributed by atoms with van der Waals surface area (Å²) in [5, 5.41) is 8.53. The first-order chi connectivity index (χ1) is 14.8. The van der Waals surface area contributed by atoms with Crippen LogP contribution in [0.5, 0.6) is 0 Å². The minimum absolute atomic E-state index is 0.0334. The summed E-state index contributed by atoms with van der Waals surface area (Å²) in [6.07, 6.45) is 0. The van der Waals surface area contributed by atoms with Gasteiger partial charge in [-0.1, -0.05) is 47.7 Å². The van der Waals surface area contributed by atoms with Crippen molar-refractivity contribution in [3.8, 4) is 5.69 Å². The van der Waals surface area contributed by atoms with Crippen molar-refractivity contribution in [1.82, 2.24) is 20.1 Å². The molecule has 4 aromatic rings. The van der Waals surface area contributed by atoms with Gasteiger partial charge in [0.05, 0.1) is 28.7 Å². The quantitative estimate of drug-likeness (QED) is 0.478. The number of hydrogen-bond acceptors (Lipinski definition) is 5. The zero-order valence-electron chi connectivity index (χ0n) is 18.5. The number of likely N-dealkylation sites (N-methyl/N-ethyl adjacent to an activating group) is 1. The number of thiazole rings is 1. The SMILES string of the molecule is Cc1ccc(C(C)NC(=O)CN(C)c2nc3c(s2)c(C)nn3-c2ccccc2)cc1C. The number of aromatic nitrogens is 3. The second-order valence-corrected chi connectivity index (χ2v) is 8.95. The maximum absolute atomic E-state index is 12.7. The molecule has 0 fully saturated rings. The molecule has 2 aromatic heterocycles. The molecule has 4 rings (SSSR count). The Kier molecular flexibility index (Phi) is 5.78. The predicted octanol–water partition coefficient (Wildman–Crippen LogP) is 4.72. The maximum atomic E-state index is 12.7. The van der Waals surface area contributed by atoms with Crippen LogP contribution in [0, 0.1) is 20.8 Å². The second-order valence-electron chi connectivity index (χ2n) is 7.97. The Hall–Kier alpha value is -3.19. The smallest absolute Gasteiger partial charge is 0.240 e. The fraction of sp³-hybridized carbons (Fsp3) is 0.292. The highest BCUT2D eigenvalue weighted by Crippen LogP contribution is 2.32. The lowest BCUT2D eigenvalue weighted by Gasteiger charge is -2.19. The number of amides is 1. The molecule has 0 radical (unpaired) electrons. The second kappa shape index (κ2) is 8.51. The van der Waals surface area contributed by atoms with E-state index in [1.807, 2.05) is 60.8 Å². The minimum atomic E-state index is -0.0514. The van der Waals surface area contributed by atoms with E-state index in [4.69, 9.17) is 4.98 Å². The van der Waals surface area contributed by atoms with Gasteiger partial charge in [-0.15, -0.1) is 0 Å². The van der Waals surface area contributed by atoms with Gasteiger partial charge in [0.1, 0.15) is 0 Å². The van der Waals surface area contributed by atoms with Gasteiger partial charge in [-0.05, 0) is 56.5 Å². The molecule has 0 spiro atoms. The van der Waals surface area contributed by atoms with Gasteiger partial charge in [0, 0.05) is 7.05 Å². The van der Waals surface area contributed by atoms with Crippen LogP contribution in [0.1, 0.15) is 35.3 Å². The number of benzene rings is 2. The number of nitrogens with zero attached hydrogens (tertiary/aromatic N) is 4. The number of para-hydroxylation sites is 1. The number of anilines is 1. The molecule has 1 N–H and O–H groups in total. The first-order valence-electron chi connectivity index (χ1n) is 10.3. The molecule has 7 heteroatoms. The highest BCUT2D eigenvalue weighted by atomic mass is 32.1. The molecule has 0 bridgehead atoms. The van der Waals surface area contributed by atoms with E-state index in [2.05, 4.69) is 42.5 Å². The van der Waals surface area contributed by atoms with E-state index in [0.29, 0.717) is 0 Å². The largest absolute Gasteiger partial charge is 0.348 e. The molecule has 0 saturated carbocycles. The summed E-state index contributed by atoms with van der Waals surface area (Å²) in [6, 6.07) is 16.2. The number of rotatable bonds is 6. The van der Waals surface area contributed by atoms with Crippen molar-refractivity contribution >= 4 is 32.7 Å². The summed E-state index contributed by atoms with van der Waals surface area (Å²) in [4.78, 5) is 19.4. The Morgan fingerprint density at radius 1 is 1.13 bits per heavy atom. The molecule has 1 unspecified atom stereocenters. The van der Waals surface area contributed by atoms with Crippen molar-refractivity contribution < 1.29 is 4.79 Å². The van der Waals surface area contributed by atoms with Gasteiger partial charge in [0.2, 0.25) is 5.91 Å². The molecule has 6 nitrogen and oxygen atoms in total. The molecule has 1 atom stereocenters. The average Bonchev–Trinajstić information content (AvgIpc) is 3.31. The monoisotopic (exact) mass is 433 g/mol. The number of aryl methyl sites for hydroxylation is 3. The number of carbonyl (C=O) groups excluding carboxylic acids is 1. The van der Waals surface area contributed by atoms with E-state index in [9.17, 15) is 4.79 Å². The van der Waals surface area contributed by atoms with Gasteiger partial charge >= 0.3 is 0 Å². The molecular formula is C24H27N5OS. The van der Waals surface area contributed by atoms with Crippen molar-refractivity contribution in [2.45, 2.75) is 33.7 Å². The van der Waals surface area contributed by atoms with Crippen LogP contribution in [-0.4, -0.2) is 34.3 Å². The normalized spacial score (nSPS) is 12.2. The van der Waals surface area contributed by atoms with Gasteiger partial charge < -0.3 is 10.2 Å². The van der Waals surface area contributed by atoms with Crippen molar-refractivity contribution in [2.75, 3.05) is 18.5 Å². The van der Waals surface area contributed by atoms with Crippen LogP contribution in [0.3, 0.4) is 0 Å². The molecule has 2 heterocycles. The van der Waals surface area contributed by atoms with E-state index >= 15 is 0 Å². The topological polar surface area (TPSA) is 63.1 Å². The fourth-order valence-corrected chi connectivity index (χ4v) is 4.47. The lowest BCUT2D eigenvalue weighted by atomic mass is 10.0. The number of nitrogens with one attached hydrogen (secondary N) is 1. The standard InChI is InChI=1S/C24H27N5OS/c1-15-11-12-19(13-16(15)2)17(3)25-21(30)14-28(5)24-26-23-22(31-24)18(4)27-29(23)20-9-7-6-8-10-20/h6-13,17H,14H2,1-5H3,(H,25,30). The number of fused-ring (bicyclic) bond motifs is 1. The van der Waals surface area contributed by atoms with Crippen molar-refractivity contribution in [3.63, 3.8) is 0 Å². The summed E-state index contributed by atoms with van der Waals surface area (Å²) in [7, 11) is 1.90. The summed E-state index contributed by atoms with van der Waals surface area (Å²) >= 11 is 1.56. The molecule has 1 amide bonds. The van der Waals surface area contributed by atoms with E-state index in [1.165, 1.54) is 11.1 Å². The Balaban J connectivity index is 1.48. The van der Waals surface area contributed by atoms with Gasteiger partial charge in [-0.2, -0.15) is 10.1 Å². The fourth-order valence-electron chi connectivity index (χ4n) is 3.52. The first kappa shape index (κ1) is 21.1. The number of carbonyl (C=O) groups is 1. The molecule has 0 aliphatic carbocycles. The molecule has 0 aliphatic heterocycles. The van der Waals surface area contributed by atoms with Crippen molar-refractivity contribution in [1.29, 1.82) is 0 Å². The highest BCUT2D eigenvalue weighted by molar-refractivity contribution is 7.22. The van der Waals surface area contributed by atoms with E-state index in [-0.39, 0.29) is 18.5 Å². The van der Waals surface area contributed by atoms with Gasteiger partial charge in [-0.3, -0.25) is 4.79 Å². The highest BCUT2D eigenvalue weighted by Gasteiger charge is 2.19. The number of hydrogen-bond donors (Lipinski definition) is 1. The lowest BCUT2D eigenvalue weighted by Crippen LogP contribution is -2.36. The zero-order valence-corrected chi connectivity index (χ0v) is 19.3. The van der Waals surface area contributed by atoms with Crippen molar-refractivity contribution in [2.24, 2.45) is 0 Å². The molecule has 160 valence electrons. The maximum Gasteiger partial charge on any atom is 0.240 e. The van der Waals surface area contributed by atoms with Crippen LogP contribution in [0.25, 0.3) is 16.0 Å². The van der Waals surface area contributed by atoms with Crippen LogP contribution in [-0.2, 0) is 4.79 Å². The average molecular weight is 434 g/mol. The molecule has 31 heavy (non-hydrogen) atoms. The van der Waals surface area contributed by atoms with Crippen LogP contribution in [0.4, 0.5) is 5.13 Å². The van der Waals surface area contributed by atoms with Crippen molar-refractivity contribution in [3.05, 3.63) is 70.9 Å². The Labute approximate surface area is 186 Å². The van der Waals surface area contributed by atoms with Crippen LogP contribution in [0.2, 0.25) is 0 Å². The van der Waals surface area contributed by atoms with Crippen LogP contribution in [0.15, 0.2) is 48.5 Å². The van der Waals surface area contributed by atoms with Gasteiger partial charge in [0.15, 0.2) is 10.8 Å². The summed E-state index contributed by atoms with van der Waals surface area (Å²) in [6.45, 7) is 8.42. The zero-order chi connectivity index (χ0) is 22.1. The third-order valence-corrected chi connectivity index (χ3v) is 6.76. The summed E-state index contributed by atoms with van der Waals surface area (Å²) < 4.78 is 2.90. The van der Waals surface area contributed by atoms with E-state index < -0.39 is 0 Å². The van der Waals surface area contributed by atoms with Crippen LogP contribution >= 0.6 is 11.3 Å². The molecule has 0 aliphatic rings. The predicted molar refractivity (Wildman–Crippen MR) is 127 cm³/mol. The van der Waals surface area contributed by atoms with Gasteiger partial charge in [-0.25, -0.2) is 4.68 Å². The van der Waals surface area contributed by atoms with E-state index in [0.717, 1.165) is 32.4 Å². The van der Waals surface area contributed by atoms with E-state index in [1.54, 1.807) is 11.3 Å². The third kappa shape index (κ3) is 4.32. The lowest BCUT2D eigenvalue weighted by molar-refractivity contribution is -0.120. The van der Waals surface area contributed by atoms with Crippen LogP contribution < -0.4 is 10.2 Å². The Morgan fingerprint density at radius 2 is 1.87 bits per heavy atom. The Morgan fingerprint density at radius 3 is 2.58 bits per heavy atom. The Bertz CT molecular complexity index is 1230. The third-order valence-electron chi connectivity index (χ3n) is 5.49. The summed E-state index contributed by atoms with van der Waals surface area (Å²) in [5.74, 6) is -0.0334. The molecule has 0 saturated heterocycles. The first-order valence-corrected chi connectivity index (χ1v) is 11.1.